The van der Waals surface area contributed by atoms with Crippen LogP contribution in [-0.2, 0) is 4.74 Å². The second-order valence-electron chi connectivity index (χ2n) is 6.38. The number of carbonyl (C=O) groups is 2. The average Bonchev–Trinajstić information content (AvgIpc) is 3.18. The van der Waals surface area contributed by atoms with E-state index >= 15 is 0 Å². The molecule has 0 aliphatic rings. The van der Waals surface area contributed by atoms with E-state index in [0.717, 1.165) is 16.9 Å². The summed E-state index contributed by atoms with van der Waals surface area (Å²) in [5, 5.41) is 6.29. The number of hydrogen-bond acceptors (Lipinski definition) is 6. The van der Waals surface area contributed by atoms with Crippen molar-refractivity contribution in [1.82, 2.24) is 0 Å². The molecule has 4 rings (SSSR count). The van der Waals surface area contributed by atoms with Gasteiger partial charge in [-0.05, 0) is 30.0 Å². The minimum Gasteiger partial charge on any atom is -0.462 e. The molecule has 4 aromatic rings. The summed E-state index contributed by atoms with van der Waals surface area (Å²) in [6.07, 6.45) is 0. The lowest BCUT2D eigenvalue weighted by Crippen LogP contribution is -2.15. The van der Waals surface area contributed by atoms with Crippen molar-refractivity contribution in [2.45, 2.75) is 6.92 Å². The van der Waals surface area contributed by atoms with Crippen LogP contribution in [0.5, 0.6) is 0 Å². The number of fused-ring (bicyclic) bond motifs is 1. The molecule has 2 aromatic heterocycles. The van der Waals surface area contributed by atoms with Crippen molar-refractivity contribution in [3.63, 3.8) is 0 Å². The van der Waals surface area contributed by atoms with Crippen molar-refractivity contribution >= 4 is 50.3 Å². The summed E-state index contributed by atoms with van der Waals surface area (Å²) >= 11 is 2.13. The Morgan fingerprint density at radius 3 is 2.53 bits per heavy atom. The predicted octanol–water partition coefficient (Wildman–Crippen LogP) is 5.42. The second-order valence-corrected chi connectivity index (χ2v) is 8.27. The molecule has 1 amide bonds. The van der Waals surface area contributed by atoms with Crippen LogP contribution in [-0.4, -0.2) is 18.5 Å². The van der Waals surface area contributed by atoms with E-state index in [9.17, 15) is 14.4 Å². The third-order valence-corrected chi connectivity index (χ3v) is 6.30. The van der Waals surface area contributed by atoms with Gasteiger partial charge in [0.2, 0.25) is 4.74 Å². The van der Waals surface area contributed by atoms with Crippen molar-refractivity contribution in [3.8, 4) is 11.1 Å². The van der Waals surface area contributed by atoms with Crippen LogP contribution < -0.4 is 10.1 Å². The summed E-state index contributed by atoms with van der Waals surface area (Å²) in [7, 11) is 0. The van der Waals surface area contributed by atoms with Crippen molar-refractivity contribution in [2.75, 3.05) is 11.9 Å². The van der Waals surface area contributed by atoms with Crippen molar-refractivity contribution < 1.29 is 14.3 Å². The predicted molar refractivity (Wildman–Crippen MR) is 122 cm³/mol. The van der Waals surface area contributed by atoms with Gasteiger partial charge in [0.05, 0.1) is 11.5 Å². The maximum Gasteiger partial charge on any atom is 0.341 e. The SMILES string of the molecule is CCOC(=O)c1c(-c2ccccc2)csc1NC(=O)c1cc2ccccc2c(=O)s1. The molecule has 0 fully saturated rings. The van der Waals surface area contributed by atoms with Gasteiger partial charge in [0, 0.05) is 16.3 Å². The molecule has 2 heterocycles. The molecule has 0 saturated heterocycles. The first kappa shape index (κ1) is 20.0. The Labute approximate surface area is 180 Å². The van der Waals surface area contributed by atoms with Crippen LogP contribution >= 0.6 is 22.7 Å². The maximum atomic E-state index is 12.9. The minimum absolute atomic E-state index is 0.181. The number of carbonyl (C=O) groups excluding carboxylic acids is 2. The molecule has 7 heteroatoms. The molecule has 0 atom stereocenters. The molecular formula is C23H17NO4S2. The maximum absolute atomic E-state index is 12.9. The average molecular weight is 436 g/mol. The molecule has 0 bridgehead atoms. The normalized spacial score (nSPS) is 10.7. The zero-order valence-electron chi connectivity index (χ0n) is 16.0. The van der Waals surface area contributed by atoms with E-state index in [2.05, 4.69) is 5.32 Å². The Bertz CT molecular complexity index is 1290. The van der Waals surface area contributed by atoms with Crippen LogP contribution in [0.3, 0.4) is 0 Å². The van der Waals surface area contributed by atoms with Gasteiger partial charge in [-0.15, -0.1) is 11.3 Å². The summed E-state index contributed by atoms with van der Waals surface area (Å²) in [5.74, 6) is -0.936. The second kappa shape index (κ2) is 8.61. The van der Waals surface area contributed by atoms with E-state index in [1.54, 1.807) is 31.2 Å². The highest BCUT2D eigenvalue weighted by molar-refractivity contribution is 7.15. The first-order valence-corrected chi connectivity index (χ1v) is 11.0. The summed E-state index contributed by atoms with van der Waals surface area (Å²) in [6, 6.07) is 18.3. The van der Waals surface area contributed by atoms with Crippen molar-refractivity contribution in [3.05, 3.63) is 86.0 Å². The van der Waals surface area contributed by atoms with Gasteiger partial charge in [-0.2, -0.15) is 0 Å². The van der Waals surface area contributed by atoms with Gasteiger partial charge < -0.3 is 10.1 Å². The standard InChI is InChI=1S/C23H17NO4S2/c1-2-28-22(26)19-17(14-8-4-3-5-9-14)13-29-21(19)24-20(25)18-12-15-10-6-7-11-16(15)23(27)30-18/h3-13H,2H2,1H3,(H,24,25). The Hall–Kier alpha value is -3.29. The van der Waals surface area contributed by atoms with Gasteiger partial charge in [0.25, 0.3) is 5.91 Å². The van der Waals surface area contributed by atoms with Gasteiger partial charge >= 0.3 is 5.97 Å². The van der Waals surface area contributed by atoms with Crippen LogP contribution in [0.15, 0.2) is 70.8 Å². The summed E-state index contributed by atoms with van der Waals surface area (Å²) in [6.45, 7) is 1.96. The van der Waals surface area contributed by atoms with Gasteiger partial charge in [0.15, 0.2) is 0 Å². The molecule has 0 spiro atoms. The highest BCUT2D eigenvalue weighted by Crippen LogP contribution is 2.36. The van der Waals surface area contributed by atoms with Crippen LogP contribution in [0, 0.1) is 0 Å². The monoisotopic (exact) mass is 435 g/mol. The molecule has 1 N–H and O–H groups in total. The Morgan fingerprint density at radius 2 is 1.77 bits per heavy atom. The molecular weight excluding hydrogens is 418 g/mol. The molecule has 0 saturated carbocycles. The van der Waals surface area contributed by atoms with Crippen LogP contribution in [0.25, 0.3) is 21.9 Å². The molecule has 150 valence electrons. The van der Waals surface area contributed by atoms with E-state index in [1.165, 1.54) is 11.3 Å². The largest absolute Gasteiger partial charge is 0.462 e. The lowest BCUT2D eigenvalue weighted by atomic mass is 10.0. The number of thiophene rings is 1. The molecule has 2 aromatic carbocycles. The van der Waals surface area contributed by atoms with E-state index in [-0.39, 0.29) is 16.2 Å². The summed E-state index contributed by atoms with van der Waals surface area (Å²) in [5.41, 5.74) is 1.86. The molecule has 0 aliphatic carbocycles. The minimum atomic E-state index is -0.500. The van der Waals surface area contributed by atoms with Crippen LogP contribution in [0.4, 0.5) is 5.00 Å². The summed E-state index contributed by atoms with van der Waals surface area (Å²) in [4.78, 5) is 38.2. The first-order chi connectivity index (χ1) is 14.6. The molecule has 30 heavy (non-hydrogen) atoms. The lowest BCUT2D eigenvalue weighted by Gasteiger charge is -2.09. The number of esters is 1. The van der Waals surface area contributed by atoms with Crippen LogP contribution in [0.1, 0.15) is 27.0 Å². The zero-order valence-corrected chi connectivity index (χ0v) is 17.6. The first-order valence-electron chi connectivity index (χ1n) is 9.26. The molecule has 5 nitrogen and oxygen atoms in total. The van der Waals surface area contributed by atoms with Gasteiger partial charge in [-0.1, -0.05) is 59.9 Å². The van der Waals surface area contributed by atoms with Crippen LogP contribution in [0.2, 0.25) is 0 Å². The van der Waals surface area contributed by atoms with Gasteiger partial charge in [-0.3, -0.25) is 9.59 Å². The fourth-order valence-electron chi connectivity index (χ4n) is 3.10. The number of ether oxygens (including phenoxy) is 1. The fourth-order valence-corrected chi connectivity index (χ4v) is 4.87. The number of hydrogen-bond donors (Lipinski definition) is 1. The highest BCUT2D eigenvalue weighted by Gasteiger charge is 2.23. The Kier molecular flexibility index (Phi) is 5.74. The highest BCUT2D eigenvalue weighted by atomic mass is 32.1. The van der Waals surface area contributed by atoms with Gasteiger partial charge in [0.1, 0.15) is 10.6 Å². The topological polar surface area (TPSA) is 72.5 Å². The lowest BCUT2D eigenvalue weighted by molar-refractivity contribution is 0.0529. The number of rotatable bonds is 5. The third-order valence-electron chi connectivity index (χ3n) is 4.48. The fraction of sp³-hybridized carbons (Fsp3) is 0.0870. The zero-order chi connectivity index (χ0) is 21.1. The Morgan fingerprint density at radius 1 is 1.03 bits per heavy atom. The number of benzene rings is 2. The Balaban J connectivity index is 1.72. The number of amides is 1. The smallest absolute Gasteiger partial charge is 0.341 e. The molecule has 0 aliphatic heterocycles. The van der Waals surface area contributed by atoms with Crippen molar-refractivity contribution in [1.29, 1.82) is 0 Å². The molecule has 0 radical (unpaired) electrons. The number of anilines is 1. The van der Waals surface area contributed by atoms with E-state index < -0.39 is 11.9 Å². The number of nitrogens with one attached hydrogen (secondary N) is 1. The van der Waals surface area contributed by atoms with E-state index in [4.69, 9.17) is 4.74 Å². The third kappa shape index (κ3) is 3.90. The van der Waals surface area contributed by atoms with Gasteiger partial charge in [-0.25, -0.2) is 4.79 Å². The molecule has 0 unspecified atom stereocenters. The van der Waals surface area contributed by atoms with Crippen molar-refractivity contribution in [2.24, 2.45) is 0 Å². The quantitative estimate of drug-likeness (QED) is 0.425. The summed E-state index contributed by atoms with van der Waals surface area (Å²) < 4.78 is 5.04. The van der Waals surface area contributed by atoms with E-state index in [1.807, 2.05) is 41.8 Å². The van der Waals surface area contributed by atoms with E-state index in [0.29, 0.717) is 26.9 Å².